The zero-order valence-corrected chi connectivity index (χ0v) is 69.0. The number of aliphatic hydroxyl groups is 1. The molecule has 0 aliphatic heterocycles. The van der Waals surface area contributed by atoms with Gasteiger partial charge in [-0.15, -0.1) is 0 Å². The Morgan fingerprint density at radius 2 is 0.491 bits per heavy atom. The number of carbonyl (C=O) groups excluding carboxylic acids is 4. The van der Waals surface area contributed by atoms with Gasteiger partial charge in [-0.3, -0.25) is 37.3 Å². The predicted molar refractivity (Wildman–Crippen MR) is 445 cm³/mol. The Balaban J connectivity index is 5.43. The molecule has 0 amide bonds. The number of unbranched alkanes of at least 4 members (excludes halogenated alkanes) is 22. The average molecular weight is 1550 g/mol. The molecule has 0 radical (unpaired) electrons. The fourth-order valence-electron chi connectivity index (χ4n) is 10.4. The molecular weight excluding hydrogens is 1400 g/mol. The summed E-state index contributed by atoms with van der Waals surface area (Å²) in [6.07, 6.45) is 94.7. The maximum atomic E-state index is 13.1. The van der Waals surface area contributed by atoms with Crippen LogP contribution < -0.4 is 0 Å². The van der Waals surface area contributed by atoms with Gasteiger partial charge in [0.25, 0.3) is 0 Å². The van der Waals surface area contributed by atoms with Gasteiger partial charge in [0.15, 0.2) is 12.2 Å². The van der Waals surface area contributed by atoms with Crippen LogP contribution in [-0.4, -0.2) is 96.7 Å². The van der Waals surface area contributed by atoms with Crippen LogP contribution >= 0.6 is 15.6 Å². The molecule has 0 aromatic heterocycles. The fraction of sp³-hybridized carbons (Fsp3) is 0.640. The Kier molecular flexibility index (Phi) is 75.4. The van der Waals surface area contributed by atoms with Gasteiger partial charge in [-0.05, 0) is 173 Å². The summed E-state index contributed by atoms with van der Waals surface area (Å²) in [5.41, 5.74) is 0. The molecule has 0 heterocycles. The normalized spacial score (nSPS) is 14.7. The molecule has 0 saturated carbocycles. The molecule has 0 aliphatic rings. The van der Waals surface area contributed by atoms with Crippen molar-refractivity contribution in [3.05, 3.63) is 170 Å². The van der Waals surface area contributed by atoms with Crippen molar-refractivity contribution < 1.29 is 80.2 Å². The van der Waals surface area contributed by atoms with Crippen molar-refractivity contribution in [2.75, 3.05) is 39.6 Å². The second kappa shape index (κ2) is 79.5. The number of aliphatic hydroxyl groups excluding tert-OH is 1. The third-order valence-corrected chi connectivity index (χ3v) is 18.5. The molecule has 0 fully saturated rings. The van der Waals surface area contributed by atoms with Crippen LogP contribution in [0.3, 0.4) is 0 Å². The first kappa shape index (κ1) is 102. The molecule has 0 saturated heterocycles. The number of ether oxygens (including phenoxy) is 4. The largest absolute Gasteiger partial charge is 0.472 e. The number of hydrogen-bond donors (Lipinski definition) is 3. The molecule has 0 aromatic carbocycles. The van der Waals surface area contributed by atoms with E-state index >= 15 is 0 Å². The number of esters is 4. The van der Waals surface area contributed by atoms with Crippen LogP contribution in [0.15, 0.2) is 170 Å². The van der Waals surface area contributed by atoms with E-state index < -0.39 is 97.5 Å². The Morgan fingerprint density at radius 3 is 0.787 bits per heavy atom. The summed E-state index contributed by atoms with van der Waals surface area (Å²) in [4.78, 5) is 73.1. The second-order valence-electron chi connectivity index (χ2n) is 26.9. The van der Waals surface area contributed by atoms with Crippen LogP contribution in [-0.2, 0) is 65.4 Å². The Hall–Kier alpha value is -5.58. The first-order valence-corrected chi connectivity index (χ1v) is 44.4. The monoisotopic (exact) mass is 1550 g/mol. The molecule has 3 N–H and O–H groups in total. The lowest BCUT2D eigenvalue weighted by atomic mass is 10.1. The summed E-state index contributed by atoms with van der Waals surface area (Å²) >= 11 is 0. The highest BCUT2D eigenvalue weighted by atomic mass is 31.2. The molecule has 17 nitrogen and oxygen atoms in total. The molecule has 5 atom stereocenters. The van der Waals surface area contributed by atoms with Crippen LogP contribution in [0.4, 0.5) is 0 Å². The average Bonchev–Trinajstić information content (AvgIpc) is 0.899. The first-order chi connectivity index (χ1) is 52.7. The van der Waals surface area contributed by atoms with Crippen LogP contribution in [0.25, 0.3) is 0 Å². The van der Waals surface area contributed by atoms with Crippen molar-refractivity contribution in [1.29, 1.82) is 0 Å². The van der Waals surface area contributed by atoms with Crippen molar-refractivity contribution >= 4 is 39.5 Å². The van der Waals surface area contributed by atoms with Crippen molar-refractivity contribution in [2.45, 2.75) is 329 Å². The highest BCUT2D eigenvalue weighted by molar-refractivity contribution is 7.47. The van der Waals surface area contributed by atoms with Crippen LogP contribution in [0.2, 0.25) is 0 Å². The summed E-state index contributed by atoms with van der Waals surface area (Å²) in [6, 6.07) is 0. The molecule has 0 rings (SSSR count). The van der Waals surface area contributed by atoms with E-state index in [1.165, 1.54) is 32.1 Å². The van der Waals surface area contributed by atoms with Gasteiger partial charge in [-0.2, -0.15) is 0 Å². The van der Waals surface area contributed by atoms with Gasteiger partial charge in [0.1, 0.15) is 19.3 Å². The summed E-state index contributed by atoms with van der Waals surface area (Å²) in [6.45, 7) is 4.48. The molecular formula is C89H146O17P2. The highest BCUT2D eigenvalue weighted by Gasteiger charge is 2.30. The van der Waals surface area contributed by atoms with Crippen LogP contribution in [0.5, 0.6) is 0 Å². The highest BCUT2D eigenvalue weighted by Crippen LogP contribution is 2.45. The SMILES string of the molecule is CC/C=C\C/C=C\C/C=C\C/C=C\C/C=C\CCCCCC(=O)OCC(COP(=O)(O)OCC(O)COP(=O)(O)OCC(COC(=O)CCCCC/C=C\C/C=C\C/C=C\C/C=C\C/C=C\CC)OC(=O)CCCCCCCC/C=C\C/C=C\C/C=C\CCCCC)OC(=O)CCCCCCC/C=C\CCCC. The predicted octanol–water partition coefficient (Wildman–Crippen LogP) is 24.6. The quantitative estimate of drug-likeness (QED) is 0.0169. The lowest BCUT2D eigenvalue weighted by molar-refractivity contribution is -0.161. The topological polar surface area (TPSA) is 237 Å². The number of rotatable bonds is 76. The Bertz CT molecular complexity index is 2710. The Labute approximate surface area is 654 Å². The summed E-state index contributed by atoms with van der Waals surface area (Å²) in [5.74, 6) is -2.28. The standard InChI is InChI=1S/C89H146O17P2/c1-5-9-13-17-21-25-29-32-35-38-41-44-47-50-54-57-61-65-69-73-86(91)99-79-84(105-88(93)75-71-67-63-59-53-28-24-20-16-12-8-4)81-103-107(95,96)101-77-83(90)78-102-108(97,98)104-82-85(106-89(94)76-72-68-64-60-56-52-49-46-43-40-37-34-31-27-23-19-15-11-7-3)80-100-87(92)74-70-66-62-58-55-51-48-45-42-39-36-33-30-26-22-18-14-10-6-2/h9-10,13-14,20-27,32-37,41-46,50-51,54-55,83-85,90H,5-8,11-12,15-19,28-31,38-40,47-49,52-53,56-82H2,1-4H3,(H,95,96)(H,97,98)/b13-9-,14-10-,24-20-,25-21-,26-22-,27-23-,35-32-,36-33-,37-34-,44-41-,45-42-,46-43-,54-50-,55-51-. The van der Waals surface area contributed by atoms with E-state index in [1.54, 1.807) is 0 Å². The van der Waals surface area contributed by atoms with Crippen molar-refractivity contribution in [2.24, 2.45) is 0 Å². The molecule has 614 valence electrons. The van der Waals surface area contributed by atoms with Gasteiger partial charge in [-0.1, -0.05) is 281 Å². The summed E-state index contributed by atoms with van der Waals surface area (Å²) < 4.78 is 68.6. The Morgan fingerprint density at radius 1 is 0.269 bits per heavy atom. The van der Waals surface area contributed by atoms with Crippen molar-refractivity contribution in [3.63, 3.8) is 0 Å². The maximum absolute atomic E-state index is 13.1. The molecule has 0 aliphatic carbocycles. The minimum Gasteiger partial charge on any atom is -0.462 e. The zero-order chi connectivity index (χ0) is 78.9. The molecule has 0 spiro atoms. The van der Waals surface area contributed by atoms with Crippen LogP contribution in [0.1, 0.15) is 310 Å². The molecule has 5 unspecified atom stereocenters. The van der Waals surface area contributed by atoms with E-state index in [2.05, 4.69) is 198 Å². The summed E-state index contributed by atoms with van der Waals surface area (Å²) in [5, 5.41) is 10.7. The van der Waals surface area contributed by atoms with Gasteiger partial charge in [0, 0.05) is 25.7 Å². The van der Waals surface area contributed by atoms with E-state index in [0.29, 0.717) is 25.7 Å². The molecule has 19 heteroatoms. The third kappa shape index (κ3) is 78.5. The van der Waals surface area contributed by atoms with Crippen molar-refractivity contribution in [1.82, 2.24) is 0 Å². The van der Waals surface area contributed by atoms with Gasteiger partial charge in [-0.25, -0.2) is 9.13 Å². The second-order valence-corrected chi connectivity index (χ2v) is 29.8. The van der Waals surface area contributed by atoms with E-state index in [1.807, 2.05) is 0 Å². The number of phosphoric acid groups is 2. The smallest absolute Gasteiger partial charge is 0.462 e. The summed E-state index contributed by atoms with van der Waals surface area (Å²) in [7, 11) is -10.00. The lowest BCUT2D eigenvalue weighted by Crippen LogP contribution is -2.30. The number of allylic oxidation sites excluding steroid dienone is 28. The minimum absolute atomic E-state index is 0.0662. The van der Waals surface area contributed by atoms with E-state index in [0.717, 1.165) is 199 Å². The fourth-order valence-corrected chi connectivity index (χ4v) is 12.0. The third-order valence-electron chi connectivity index (χ3n) is 16.6. The molecule has 0 aromatic rings. The van der Waals surface area contributed by atoms with Gasteiger partial charge >= 0.3 is 39.5 Å². The first-order valence-electron chi connectivity index (χ1n) is 41.4. The molecule has 108 heavy (non-hydrogen) atoms. The van der Waals surface area contributed by atoms with Gasteiger partial charge in [0.05, 0.1) is 26.4 Å². The number of hydrogen-bond acceptors (Lipinski definition) is 15. The van der Waals surface area contributed by atoms with Crippen molar-refractivity contribution in [3.8, 4) is 0 Å². The molecule has 0 bridgehead atoms. The van der Waals surface area contributed by atoms with Crippen LogP contribution in [0, 0.1) is 0 Å². The number of carbonyl (C=O) groups is 4. The van der Waals surface area contributed by atoms with Gasteiger partial charge in [0.2, 0.25) is 0 Å². The minimum atomic E-state index is -5.00. The van der Waals surface area contributed by atoms with E-state index in [4.69, 9.17) is 37.0 Å². The van der Waals surface area contributed by atoms with E-state index in [-0.39, 0.29) is 25.7 Å². The van der Waals surface area contributed by atoms with E-state index in [9.17, 15) is 43.2 Å². The maximum Gasteiger partial charge on any atom is 0.472 e. The number of phosphoric ester groups is 2. The zero-order valence-electron chi connectivity index (χ0n) is 67.2. The van der Waals surface area contributed by atoms with Gasteiger partial charge < -0.3 is 33.8 Å². The lowest BCUT2D eigenvalue weighted by Gasteiger charge is -2.21.